The molecular weight excluding hydrogens is 307 g/mol. The maximum Gasteiger partial charge on any atom is 0.243 e. The quantitative estimate of drug-likeness (QED) is 0.908. The first-order valence-corrected chi connectivity index (χ1v) is 8.22. The first-order valence-electron chi connectivity index (χ1n) is 6.02. The largest absolute Gasteiger partial charge is 0.314 e. The Balaban J connectivity index is 2.44. The van der Waals surface area contributed by atoms with Crippen molar-refractivity contribution in [2.24, 2.45) is 0 Å². The predicted molar refractivity (Wildman–Crippen MR) is 77.4 cm³/mol. The molecule has 1 aromatic rings. The van der Waals surface area contributed by atoms with E-state index in [9.17, 15) is 8.42 Å². The van der Waals surface area contributed by atoms with E-state index in [1.807, 2.05) is 6.92 Å². The molecule has 0 amide bonds. The Morgan fingerprint density at radius 2 is 1.89 bits per heavy atom. The van der Waals surface area contributed by atoms with Crippen LogP contribution in [0.1, 0.15) is 12.5 Å². The van der Waals surface area contributed by atoms with E-state index in [0.717, 1.165) is 0 Å². The average Bonchev–Trinajstić information content (AvgIpc) is 2.35. The second-order valence-electron chi connectivity index (χ2n) is 4.68. The van der Waals surface area contributed by atoms with Gasteiger partial charge in [0.05, 0.1) is 4.90 Å². The molecule has 1 atom stereocenters. The average molecular weight is 323 g/mol. The summed E-state index contributed by atoms with van der Waals surface area (Å²) >= 11 is 12.0. The van der Waals surface area contributed by atoms with E-state index in [1.54, 1.807) is 6.92 Å². The standard InChI is InChI=1S/C12H16Cl2N2O2S/c1-8-7-15-3-4-16(8)19(17,18)10-5-11(13)9(2)12(14)6-10/h5-6,8,15H,3-4,7H2,1-2H3. The van der Waals surface area contributed by atoms with Crippen LogP contribution >= 0.6 is 23.2 Å². The van der Waals surface area contributed by atoms with Crippen molar-refractivity contribution in [1.29, 1.82) is 0 Å². The van der Waals surface area contributed by atoms with E-state index in [1.165, 1.54) is 16.4 Å². The molecule has 7 heteroatoms. The zero-order valence-electron chi connectivity index (χ0n) is 10.8. The van der Waals surface area contributed by atoms with Crippen molar-refractivity contribution in [1.82, 2.24) is 9.62 Å². The molecule has 0 saturated carbocycles. The van der Waals surface area contributed by atoms with Crippen LogP contribution in [0.25, 0.3) is 0 Å². The first kappa shape index (κ1) is 15.1. The van der Waals surface area contributed by atoms with Crippen molar-refractivity contribution in [2.45, 2.75) is 24.8 Å². The highest BCUT2D eigenvalue weighted by Gasteiger charge is 2.31. The van der Waals surface area contributed by atoms with Gasteiger partial charge in [0.25, 0.3) is 0 Å². The van der Waals surface area contributed by atoms with Crippen molar-refractivity contribution in [3.8, 4) is 0 Å². The third kappa shape index (κ3) is 2.90. The van der Waals surface area contributed by atoms with Gasteiger partial charge in [-0.3, -0.25) is 0 Å². The number of sulfonamides is 1. The molecule has 19 heavy (non-hydrogen) atoms. The molecule has 1 aliphatic rings. The molecule has 1 aliphatic heterocycles. The van der Waals surface area contributed by atoms with Crippen LogP contribution in [0.2, 0.25) is 10.0 Å². The fourth-order valence-corrected chi connectivity index (χ4v) is 4.39. The molecule has 1 fully saturated rings. The minimum atomic E-state index is -3.55. The Bertz CT molecular complexity index is 566. The summed E-state index contributed by atoms with van der Waals surface area (Å²) in [6.07, 6.45) is 0. The molecule has 1 heterocycles. The summed E-state index contributed by atoms with van der Waals surface area (Å²) in [5.74, 6) is 0. The first-order chi connectivity index (χ1) is 8.84. The van der Waals surface area contributed by atoms with Crippen LogP contribution in [0.15, 0.2) is 17.0 Å². The van der Waals surface area contributed by atoms with E-state index >= 15 is 0 Å². The highest BCUT2D eigenvalue weighted by molar-refractivity contribution is 7.89. The molecule has 0 radical (unpaired) electrons. The Morgan fingerprint density at radius 3 is 2.42 bits per heavy atom. The Labute approximate surface area is 123 Å². The Morgan fingerprint density at radius 1 is 1.32 bits per heavy atom. The molecule has 1 aromatic carbocycles. The van der Waals surface area contributed by atoms with Crippen LogP contribution in [0, 0.1) is 6.92 Å². The van der Waals surface area contributed by atoms with E-state index in [4.69, 9.17) is 23.2 Å². The van der Waals surface area contributed by atoms with Gasteiger partial charge in [0.1, 0.15) is 0 Å². The number of rotatable bonds is 2. The highest BCUT2D eigenvalue weighted by atomic mass is 35.5. The number of nitrogens with zero attached hydrogens (tertiary/aromatic N) is 1. The van der Waals surface area contributed by atoms with Crippen LogP contribution in [0.5, 0.6) is 0 Å². The van der Waals surface area contributed by atoms with E-state index in [0.29, 0.717) is 35.2 Å². The fraction of sp³-hybridized carbons (Fsp3) is 0.500. The van der Waals surface area contributed by atoms with Crippen LogP contribution in [-0.4, -0.2) is 38.4 Å². The lowest BCUT2D eigenvalue weighted by Crippen LogP contribution is -2.52. The van der Waals surface area contributed by atoms with Crippen LogP contribution in [0.3, 0.4) is 0 Å². The lowest BCUT2D eigenvalue weighted by Gasteiger charge is -2.33. The summed E-state index contributed by atoms with van der Waals surface area (Å²) in [5, 5.41) is 3.90. The number of nitrogens with one attached hydrogen (secondary N) is 1. The Kier molecular flexibility index (Phi) is 4.42. The summed E-state index contributed by atoms with van der Waals surface area (Å²) < 4.78 is 26.7. The van der Waals surface area contributed by atoms with Crippen LogP contribution in [0.4, 0.5) is 0 Å². The predicted octanol–water partition coefficient (Wildman–Crippen LogP) is 2.28. The van der Waals surface area contributed by atoms with Crippen LogP contribution < -0.4 is 5.32 Å². The molecule has 4 nitrogen and oxygen atoms in total. The van der Waals surface area contributed by atoms with Crippen molar-refractivity contribution in [3.05, 3.63) is 27.7 Å². The molecule has 0 spiro atoms. The summed E-state index contributed by atoms with van der Waals surface area (Å²) in [4.78, 5) is 0.154. The highest BCUT2D eigenvalue weighted by Crippen LogP contribution is 2.30. The lowest BCUT2D eigenvalue weighted by atomic mass is 10.2. The van der Waals surface area contributed by atoms with E-state index < -0.39 is 10.0 Å². The number of halogens is 2. The second kappa shape index (κ2) is 5.58. The fourth-order valence-electron chi connectivity index (χ4n) is 2.09. The van der Waals surface area contributed by atoms with Gasteiger partial charge in [0.2, 0.25) is 10.0 Å². The summed E-state index contributed by atoms with van der Waals surface area (Å²) in [6.45, 7) is 5.38. The zero-order valence-corrected chi connectivity index (χ0v) is 13.1. The summed E-state index contributed by atoms with van der Waals surface area (Å²) in [5.41, 5.74) is 0.690. The van der Waals surface area contributed by atoms with Crippen molar-refractivity contribution >= 4 is 33.2 Å². The van der Waals surface area contributed by atoms with Crippen molar-refractivity contribution < 1.29 is 8.42 Å². The molecular formula is C12H16Cl2N2O2S. The minimum Gasteiger partial charge on any atom is -0.314 e. The van der Waals surface area contributed by atoms with Gasteiger partial charge in [0.15, 0.2) is 0 Å². The van der Waals surface area contributed by atoms with Crippen LogP contribution in [-0.2, 0) is 10.0 Å². The summed E-state index contributed by atoms with van der Waals surface area (Å²) in [6, 6.07) is 2.84. The molecule has 0 aromatic heterocycles. The second-order valence-corrected chi connectivity index (χ2v) is 7.39. The van der Waals surface area contributed by atoms with Gasteiger partial charge in [-0.2, -0.15) is 4.31 Å². The number of hydrogen-bond acceptors (Lipinski definition) is 3. The maximum atomic E-state index is 12.6. The van der Waals surface area contributed by atoms with Gasteiger partial charge in [-0.25, -0.2) is 8.42 Å². The van der Waals surface area contributed by atoms with Crippen molar-refractivity contribution in [2.75, 3.05) is 19.6 Å². The lowest BCUT2D eigenvalue weighted by molar-refractivity contribution is 0.284. The van der Waals surface area contributed by atoms with E-state index in [2.05, 4.69) is 5.32 Å². The normalized spacial score (nSPS) is 21.6. The van der Waals surface area contributed by atoms with Gasteiger partial charge in [0, 0.05) is 35.7 Å². The molecule has 2 rings (SSSR count). The smallest absolute Gasteiger partial charge is 0.243 e. The number of benzene rings is 1. The topological polar surface area (TPSA) is 49.4 Å². The SMILES string of the molecule is Cc1c(Cl)cc(S(=O)(=O)N2CCNCC2C)cc1Cl. The maximum absolute atomic E-state index is 12.6. The van der Waals surface area contributed by atoms with Gasteiger partial charge < -0.3 is 5.32 Å². The molecule has 1 N–H and O–H groups in total. The van der Waals surface area contributed by atoms with Gasteiger partial charge in [-0.1, -0.05) is 23.2 Å². The zero-order chi connectivity index (χ0) is 14.2. The summed E-state index contributed by atoms with van der Waals surface area (Å²) in [7, 11) is -3.55. The molecule has 0 bridgehead atoms. The number of piperazine rings is 1. The monoisotopic (exact) mass is 322 g/mol. The third-order valence-electron chi connectivity index (χ3n) is 3.30. The molecule has 1 saturated heterocycles. The van der Waals surface area contributed by atoms with Crippen molar-refractivity contribution in [3.63, 3.8) is 0 Å². The Hall–Kier alpha value is -0.330. The van der Waals surface area contributed by atoms with Gasteiger partial charge >= 0.3 is 0 Å². The van der Waals surface area contributed by atoms with Gasteiger partial charge in [-0.05, 0) is 31.5 Å². The van der Waals surface area contributed by atoms with Gasteiger partial charge in [-0.15, -0.1) is 0 Å². The third-order valence-corrected chi connectivity index (χ3v) is 6.08. The molecule has 106 valence electrons. The number of hydrogen-bond donors (Lipinski definition) is 1. The molecule has 0 aliphatic carbocycles. The van der Waals surface area contributed by atoms with E-state index in [-0.39, 0.29) is 10.9 Å². The minimum absolute atomic E-state index is 0.0856. The molecule has 1 unspecified atom stereocenters.